The van der Waals surface area contributed by atoms with Crippen LogP contribution >= 0.6 is 0 Å². The van der Waals surface area contributed by atoms with Gasteiger partial charge in [-0.2, -0.15) is 0 Å². The van der Waals surface area contributed by atoms with Crippen molar-refractivity contribution in [2.24, 2.45) is 5.92 Å². The van der Waals surface area contributed by atoms with Gasteiger partial charge in [-0.1, -0.05) is 12.1 Å². The lowest BCUT2D eigenvalue weighted by molar-refractivity contribution is 0.0718. The van der Waals surface area contributed by atoms with Gasteiger partial charge in [-0.3, -0.25) is 0 Å². The maximum absolute atomic E-state index is 10.1. The molecule has 0 aliphatic carbocycles. The summed E-state index contributed by atoms with van der Waals surface area (Å²) >= 11 is 0. The summed E-state index contributed by atoms with van der Waals surface area (Å²) in [6.45, 7) is 0.805. The van der Waals surface area contributed by atoms with Gasteiger partial charge in [0.05, 0.1) is 26.9 Å². The maximum atomic E-state index is 10.1. The molecule has 3 atom stereocenters. The van der Waals surface area contributed by atoms with Crippen molar-refractivity contribution in [2.75, 3.05) is 34.2 Å². The molecule has 0 unspecified atom stereocenters. The molecule has 0 aromatic heterocycles. The Morgan fingerprint density at radius 2 is 1.73 bits per heavy atom. The lowest BCUT2D eigenvalue weighted by Gasteiger charge is -2.22. The summed E-state index contributed by atoms with van der Waals surface area (Å²) in [6, 6.07) is 11.6. The maximum Gasteiger partial charge on any atom is 0.231 e. The van der Waals surface area contributed by atoms with Crippen molar-refractivity contribution in [1.29, 1.82) is 0 Å². The number of ether oxygens (including phenoxy) is 5. The molecule has 138 valence electrons. The third kappa shape index (κ3) is 2.85. The lowest BCUT2D eigenvalue weighted by Crippen LogP contribution is -2.18. The molecule has 0 saturated carbocycles. The van der Waals surface area contributed by atoms with E-state index >= 15 is 0 Å². The Bertz CT molecular complexity index is 790. The third-order valence-electron chi connectivity index (χ3n) is 5.13. The van der Waals surface area contributed by atoms with Gasteiger partial charge in [-0.25, -0.2) is 0 Å². The number of rotatable bonds is 5. The van der Waals surface area contributed by atoms with Gasteiger partial charge in [-0.15, -0.1) is 0 Å². The molecular formula is C20H22O6. The molecule has 2 aliphatic heterocycles. The molecule has 0 amide bonds. The Labute approximate surface area is 152 Å². The second kappa shape index (κ2) is 7.05. The molecule has 0 radical (unpaired) electrons. The highest BCUT2D eigenvalue weighted by Crippen LogP contribution is 2.46. The van der Waals surface area contributed by atoms with E-state index in [0.717, 1.165) is 22.6 Å². The molecule has 26 heavy (non-hydrogen) atoms. The molecule has 0 spiro atoms. The van der Waals surface area contributed by atoms with Crippen molar-refractivity contribution < 1.29 is 28.8 Å². The SMILES string of the molecule is COc1ccc([C@H]2OC[C@H](c3ccc4c(c3)OCO4)[C@@H]2CO)cc1OC. The fraction of sp³-hybridized carbons (Fsp3) is 0.400. The first-order valence-electron chi connectivity index (χ1n) is 8.59. The topological polar surface area (TPSA) is 66.4 Å². The highest BCUT2D eigenvalue weighted by atomic mass is 16.7. The summed E-state index contributed by atoms with van der Waals surface area (Å²) in [7, 11) is 3.21. The van der Waals surface area contributed by atoms with Crippen LogP contribution in [0.5, 0.6) is 23.0 Å². The first-order valence-corrected chi connectivity index (χ1v) is 8.59. The first-order chi connectivity index (χ1) is 12.7. The second-order valence-electron chi connectivity index (χ2n) is 6.43. The lowest BCUT2D eigenvalue weighted by atomic mass is 9.83. The fourth-order valence-corrected chi connectivity index (χ4v) is 3.75. The summed E-state index contributed by atoms with van der Waals surface area (Å²) in [5.41, 5.74) is 2.04. The zero-order valence-electron chi connectivity index (χ0n) is 14.8. The van der Waals surface area contributed by atoms with E-state index in [1.165, 1.54) is 0 Å². The largest absolute Gasteiger partial charge is 0.493 e. The van der Waals surface area contributed by atoms with Crippen LogP contribution in [0.2, 0.25) is 0 Å². The van der Waals surface area contributed by atoms with Crippen molar-refractivity contribution >= 4 is 0 Å². The number of aliphatic hydroxyl groups is 1. The van der Waals surface area contributed by atoms with Gasteiger partial charge < -0.3 is 28.8 Å². The van der Waals surface area contributed by atoms with Crippen LogP contribution in [-0.2, 0) is 4.74 Å². The molecule has 4 rings (SSSR count). The zero-order chi connectivity index (χ0) is 18.1. The van der Waals surface area contributed by atoms with Crippen LogP contribution in [0.3, 0.4) is 0 Å². The average Bonchev–Trinajstić information content (AvgIpc) is 3.33. The minimum Gasteiger partial charge on any atom is -0.493 e. The van der Waals surface area contributed by atoms with Crippen LogP contribution in [-0.4, -0.2) is 39.3 Å². The standard InChI is InChI=1S/C20H22O6/c1-22-16-5-4-13(8-18(16)23-2)20-14(9-21)15(10-24-20)12-3-6-17-19(7-12)26-11-25-17/h3-8,14-15,20-21H,9-11H2,1-2H3/t14-,15+,20+/m0/s1. The predicted molar refractivity (Wildman–Crippen MR) is 94.1 cm³/mol. The van der Waals surface area contributed by atoms with Gasteiger partial charge in [0.25, 0.3) is 0 Å². The highest BCUT2D eigenvalue weighted by molar-refractivity contribution is 5.47. The Kier molecular flexibility index (Phi) is 4.61. The number of benzene rings is 2. The molecule has 1 N–H and O–H groups in total. The van der Waals surface area contributed by atoms with E-state index in [2.05, 4.69) is 0 Å². The number of fused-ring (bicyclic) bond motifs is 1. The van der Waals surface area contributed by atoms with Gasteiger partial charge in [0.1, 0.15) is 0 Å². The molecule has 6 nitrogen and oxygen atoms in total. The van der Waals surface area contributed by atoms with Crippen molar-refractivity contribution in [3.8, 4) is 23.0 Å². The van der Waals surface area contributed by atoms with E-state index in [9.17, 15) is 5.11 Å². The van der Waals surface area contributed by atoms with E-state index in [1.54, 1.807) is 14.2 Å². The zero-order valence-corrected chi connectivity index (χ0v) is 14.8. The average molecular weight is 358 g/mol. The van der Waals surface area contributed by atoms with E-state index in [1.807, 2.05) is 36.4 Å². The molecule has 1 saturated heterocycles. The molecule has 2 aromatic rings. The second-order valence-corrected chi connectivity index (χ2v) is 6.43. The van der Waals surface area contributed by atoms with E-state index < -0.39 is 0 Å². The number of hydrogen-bond donors (Lipinski definition) is 1. The quantitative estimate of drug-likeness (QED) is 0.887. The van der Waals surface area contributed by atoms with Crippen molar-refractivity contribution in [3.63, 3.8) is 0 Å². The summed E-state index contributed by atoms with van der Waals surface area (Å²) < 4.78 is 27.6. The molecule has 1 fully saturated rings. The third-order valence-corrected chi connectivity index (χ3v) is 5.13. The molecule has 2 heterocycles. The van der Waals surface area contributed by atoms with E-state index in [-0.39, 0.29) is 31.3 Å². The predicted octanol–water partition coefficient (Wildman–Crippen LogP) is 2.90. The molecule has 6 heteroatoms. The van der Waals surface area contributed by atoms with Gasteiger partial charge in [0, 0.05) is 18.4 Å². The fourth-order valence-electron chi connectivity index (χ4n) is 3.75. The van der Waals surface area contributed by atoms with Crippen LogP contribution in [0.1, 0.15) is 23.1 Å². The number of aliphatic hydroxyl groups excluding tert-OH is 1. The Balaban J connectivity index is 1.62. The summed E-state index contributed by atoms with van der Waals surface area (Å²) in [5, 5.41) is 10.1. The first kappa shape index (κ1) is 17.0. The summed E-state index contributed by atoms with van der Waals surface area (Å²) in [5.74, 6) is 2.83. The summed E-state index contributed by atoms with van der Waals surface area (Å²) in [4.78, 5) is 0. The van der Waals surface area contributed by atoms with E-state index in [0.29, 0.717) is 18.1 Å². The van der Waals surface area contributed by atoms with Gasteiger partial charge in [-0.05, 0) is 35.4 Å². The van der Waals surface area contributed by atoms with Gasteiger partial charge >= 0.3 is 0 Å². The van der Waals surface area contributed by atoms with Crippen LogP contribution in [0.4, 0.5) is 0 Å². The Morgan fingerprint density at radius 1 is 0.962 bits per heavy atom. The Hall–Kier alpha value is -2.44. The monoisotopic (exact) mass is 358 g/mol. The minimum absolute atomic E-state index is 0.0259. The molecular weight excluding hydrogens is 336 g/mol. The Morgan fingerprint density at radius 3 is 2.50 bits per heavy atom. The minimum atomic E-state index is -0.213. The number of methoxy groups -OCH3 is 2. The van der Waals surface area contributed by atoms with Crippen LogP contribution in [0.15, 0.2) is 36.4 Å². The van der Waals surface area contributed by atoms with Crippen LogP contribution in [0, 0.1) is 5.92 Å². The summed E-state index contributed by atoms with van der Waals surface area (Å²) in [6.07, 6.45) is -0.213. The van der Waals surface area contributed by atoms with Gasteiger partial charge in [0.15, 0.2) is 23.0 Å². The van der Waals surface area contributed by atoms with Crippen LogP contribution < -0.4 is 18.9 Å². The van der Waals surface area contributed by atoms with E-state index in [4.69, 9.17) is 23.7 Å². The van der Waals surface area contributed by atoms with Crippen LogP contribution in [0.25, 0.3) is 0 Å². The smallest absolute Gasteiger partial charge is 0.231 e. The normalized spacial score (nSPS) is 23.9. The number of hydrogen-bond acceptors (Lipinski definition) is 6. The van der Waals surface area contributed by atoms with Crippen molar-refractivity contribution in [1.82, 2.24) is 0 Å². The van der Waals surface area contributed by atoms with Crippen molar-refractivity contribution in [3.05, 3.63) is 47.5 Å². The van der Waals surface area contributed by atoms with Gasteiger partial charge in [0.2, 0.25) is 6.79 Å². The molecule has 2 aromatic carbocycles. The molecule has 0 bridgehead atoms. The van der Waals surface area contributed by atoms with Crippen molar-refractivity contribution in [2.45, 2.75) is 12.0 Å². The molecule has 2 aliphatic rings. The highest BCUT2D eigenvalue weighted by Gasteiger charge is 2.39.